The molecule has 1 aromatic heterocycles. The summed E-state index contributed by atoms with van der Waals surface area (Å²) >= 11 is 0. The van der Waals surface area contributed by atoms with Gasteiger partial charge in [-0.1, -0.05) is 0 Å². The Hall–Kier alpha value is -1.56. The van der Waals surface area contributed by atoms with E-state index in [-0.39, 0.29) is 18.5 Å². The van der Waals surface area contributed by atoms with Gasteiger partial charge in [0.25, 0.3) is 0 Å². The first-order chi connectivity index (χ1) is 10.6. The van der Waals surface area contributed by atoms with Gasteiger partial charge in [0, 0.05) is 30.8 Å². The van der Waals surface area contributed by atoms with E-state index >= 15 is 0 Å². The second-order valence-corrected chi connectivity index (χ2v) is 5.80. The number of ether oxygens (including phenoxy) is 1. The zero-order valence-electron chi connectivity index (χ0n) is 14.3. The fourth-order valence-electron chi connectivity index (χ4n) is 2.33. The molecule has 0 spiro atoms. The monoisotopic (exact) mass is 338 g/mol. The van der Waals surface area contributed by atoms with Gasteiger partial charge in [0.15, 0.2) is 0 Å². The quantitative estimate of drug-likeness (QED) is 0.777. The van der Waals surface area contributed by atoms with Crippen LogP contribution in [0.3, 0.4) is 0 Å². The minimum Gasteiger partial charge on any atom is -0.491 e. The van der Waals surface area contributed by atoms with Crippen LogP contribution in [0.2, 0.25) is 0 Å². The molecule has 2 N–H and O–H groups in total. The molecule has 6 heteroatoms. The molecule has 0 amide bonds. The number of likely N-dealkylation sites (N-methyl/N-ethyl adjacent to an activating group) is 2. The molecule has 0 bridgehead atoms. The summed E-state index contributed by atoms with van der Waals surface area (Å²) < 4.78 is 5.68. The fourth-order valence-corrected chi connectivity index (χ4v) is 2.33. The molecule has 0 radical (unpaired) electrons. The van der Waals surface area contributed by atoms with E-state index in [4.69, 9.17) is 4.74 Å². The zero-order chi connectivity index (χ0) is 15.9. The van der Waals surface area contributed by atoms with Crippen molar-refractivity contribution in [3.63, 3.8) is 0 Å². The van der Waals surface area contributed by atoms with Crippen LogP contribution in [0.1, 0.15) is 19.4 Å². The number of benzene rings is 1. The summed E-state index contributed by atoms with van der Waals surface area (Å²) in [7, 11) is 4.09. The summed E-state index contributed by atoms with van der Waals surface area (Å²) in [4.78, 5) is 2.28. The molecule has 23 heavy (non-hydrogen) atoms. The van der Waals surface area contributed by atoms with Crippen LogP contribution in [0, 0.1) is 0 Å². The maximum Gasteiger partial charge on any atom is 0.119 e. The first kappa shape index (κ1) is 19.5. The minimum atomic E-state index is 0. The number of H-pyrrole nitrogens is 1. The number of halogens is 1. The highest BCUT2D eigenvalue weighted by molar-refractivity contribution is 5.85. The second-order valence-electron chi connectivity index (χ2n) is 5.80. The summed E-state index contributed by atoms with van der Waals surface area (Å²) in [6.07, 6.45) is 2.10. The first-order valence-electron chi connectivity index (χ1n) is 7.72. The molecule has 0 aliphatic rings. The van der Waals surface area contributed by atoms with Crippen LogP contribution < -0.4 is 10.1 Å². The van der Waals surface area contributed by atoms with E-state index in [1.165, 1.54) is 5.56 Å². The summed E-state index contributed by atoms with van der Waals surface area (Å²) in [6.45, 7) is 6.91. The normalized spacial score (nSPS) is 10.9. The minimum absolute atomic E-state index is 0. The number of nitrogens with one attached hydrogen (secondary N) is 2. The molecule has 0 atom stereocenters. The highest BCUT2D eigenvalue weighted by Gasteiger charge is 2.10. The third-order valence-corrected chi connectivity index (χ3v) is 3.42. The lowest BCUT2D eigenvalue weighted by molar-refractivity contribution is 0.242. The standard InChI is InChI=1S/C17H26N4O.ClH/c1-13(2)22-16-7-5-14(6-8-16)17-15(11-19-20-17)12-21(4)10-9-18-3;/h5-8,11,13,18H,9-10,12H2,1-4H3,(H,19,20);1H. The maximum absolute atomic E-state index is 5.68. The van der Waals surface area contributed by atoms with Gasteiger partial charge in [-0.25, -0.2) is 0 Å². The third kappa shape index (κ3) is 5.86. The van der Waals surface area contributed by atoms with Crippen LogP contribution >= 0.6 is 12.4 Å². The van der Waals surface area contributed by atoms with Crippen LogP contribution in [0.4, 0.5) is 0 Å². The molecule has 0 unspecified atom stereocenters. The second kappa shape index (κ2) is 9.55. The van der Waals surface area contributed by atoms with Crippen LogP contribution in [-0.4, -0.2) is 48.4 Å². The molecular formula is C17H27ClN4O. The molecule has 1 heterocycles. The Kier molecular flexibility index (Phi) is 8.09. The van der Waals surface area contributed by atoms with Crippen LogP contribution in [0.5, 0.6) is 5.75 Å². The molecule has 0 saturated heterocycles. The van der Waals surface area contributed by atoms with Gasteiger partial charge in [-0.2, -0.15) is 5.10 Å². The van der Waals surface area contributed by atoms with Crippen molar-refractivity contribution in [2.75, 3.05) is 27.2 Å². The molecule has 128 valence electrons. The Balaban J connectivity index is 0.00000264. The molecular weight excluding hydrogens is 312 g/mol. The van der Waals surface area contributed by atoms with Gasteiger partial charge in [0.2, 0.25) is 0 Å². The van der Waals surface area contributed by atoms with E-state index in [1.54, 1.807) is 0 Å². The van der Waals surface area contributed by atoms with Gasteiger partial charge in [-0.05, 0) is 52.2 Å². The number of nitrogens with zero attached hydrogens (tertiary/aromatic N) is 2. The van der Waals surface area contributed by atoms with Gasteiger partial charge in [-0.15, -0.1) is 12.4 Å². The lowest BCUT2D eigenvalue weighted by Crippen LogP contribution is -2.26. The average Bonchev–Trinajstić information content (AvgIpc) is 2.93. The predicted octanol–water partition coefficient (Wildman–Crippen LogP) is 2.94. The molecule has 1 aromatic carbocycles. The summed E-state index contributed by atoms with van der Waals surface area (Å²) in [5.41, 5.74) is 3.41. The van der Waals surface area contributed by atoms with Crippen LogP contribution in [0.25, 0.3) is 11.3 Å². The number of rotatable bonds is 8. The van der Waals surface area contributed by atoms with Crippen LogP contribution in [-0.2, 0) is 6.54 Å². The van der Waals surface area contributed by atoms with E-state index in [1.807, 2.05) is 39.2 Å². The summed E-state index contributed by atoms with van der Waals surface area (Å²) in [5.74, 6) is 0.894. The zero-order valence-corrected chi connectivity index (χ0v) is 15.1. The summed E-state index contributed by atoms with van der Waals surface area (Å²) in [6, 6.07) is 8.15. The van der Waals surface area contributed by atoms with Crippen molar-refractivity contribution in [1.82, 2.24) is 20.4 Å². The van der Waals surface area contributed by atoms with E-state index in [0.717, 1.165) is 36.6 Å². The maximum atomic E-state index is 5.68. The van der Waals surface area contributed by atoms with Gasteiger partial charge in [-0.3, -0.25) is 5.10 Å². The van der Waals surface area contributed by atoms with Crippen molar-refractivity contribution in [2.24, 2.45) is 0 Å². The SMILES string of the molecule is CNCCN(C)Cc1cn[nH]c1-c1ccc(OC(C)C)cc1.Cl. The molecule has 0 saturated carbocycles. The Bertz CT molecular complexity index is 568. The number of hydrogen-bond acceptors (Lipinski definition) is 4. The lowest BCUT2D eigenvalue weighted by Gasteiger charge is -2.16. The molecule has 5 nitrogen and oxygen atoms in total. The average molecular weight is 339 g/mol. The van der Waals surface area contributed by atoms with E-state index in [9.17, 15) is 0 Å². The first-order valence-corrected chi connectivity index (χ1v) is 7.72. The van der Waals surface area contributed by atoms with E-state index in [2.05, 4.69) is 39.6 Å². The highest BCUT2D eigenvalue weighted by atomic mass is 35.5. The molecule has 2 rings (SSSR count). The van der Waals surface area contributed by atoms with E-state index < -0.39 is 0 Å². The van der Waals surface area contributed by atoms with Crippen molar-refractivity contribution in [1.29, 1.82) is 0 Å². The Morgan fingerprint density at radius 3 is 2.57 bits per heavy atom. The Labute approximate surface area is 144 Å². The van der Waals surface area contributed by atoms with Gasteiger partial charge < -0.3 is 15.0 Å². The third-order valence-electron chi connectivity index (χ3n) is 3.42. The predicted molar refractivity (Wildman–Crippen MR) is 97.3 cm³/mol. The van der Waals surface area contributed by atoms with Crippen molar-refractivity contribution in [2.45, 2.75) is 26.5 Å². The molecule has 0 fully saturated rings. The van der Waals surface area contributed by atoms with E-state index in [0.29, 0.717) is 0 Å². The number of hydrogen-bond donors (Lipinski definition) is 2. The smallest absolute Gasteiger partial charge is 0.119 e. The van der Waals surface area contributed by atoms with Crippen molar-refractivity contribution < 1.29 is 4.74 Å². The summed E-state index contributed by atoms with van der Waals surface area (Å²) in [5, 5.41) is 10.5. The largest absolute Gasteiger partial charge is 0.491 e. The Morgan fingerprint density at radius 1 is 1.26 bits per heavy atom. The van der Waals surface area contributed by atoms with Gasteiger partial charge >= 0.3 is 0 Å². The van der Waals surface area contributed by atoms with Crippen molar-refractivity contribution >= 4 is 12.4 Å². The number of aromatic nitrogens is 2. The van der Waals surface area contributed by atoms with Crippen molar-refractivity contribution in [3.8, 4) is 17.0 Å². The van der Waals surface area contributed by atoms with Crippen LogP contribution in [0.15, 0.2) is 30.5 Å². The van der Waals surface area contributed by atoms with Gasteiger partial charge in [0.1, 0.15) is 5.75 Å². The molecule has 0 aliphatic carbocycles. The lowest BCUT2D eigenvalue weighted by atomic mass is 10.1. The van der Waals surface area contributed by atoms with Crippen molar-refractivity contribution in [3.05, 3.63) is 36.0 Å². The van der Waals surface area contributed by atoms with Gasteiger partial charge in [0.05, 0.1) is 18.0 Å². The molecule has 0 aliphatic heterocycles. The fraction of sp³-hybridized carbons (Fsp3) is 0.471. The topological polar surface area (TPSA) is 53.2 Å². The highest BCUT2D eigenvalue weighted by Crippen LogP contribution is 2.24. The molecule has 2 aromatic rings. The Morgan fingerprint density at radius 2 is 1.96 bits per heavy atom. The number of aromatic amines is 1.